The summed E-state index contributed by atoms with van der Waals surface area (Å²) in [5.74, 6) is 0.947. The largest absolute Gasteiger partial charge is 0.490 e. The molecule has 2 fully saturated rings. The van der Waals surface area contributed by atoms with Crippen LogP contribution in [-0.4, -0.2) is 18.3 Å². The minimum Gasteiger partial charge on any atom is -0.490 e. The van der Waals surface area contributed by atoms with Gasteiger partial charge in [0.15, 0.2) is 0 Å². The lowest BCUT2D eigenvalue weighted by molar-refractivity contribution is -0.108. The minimum atomic E-state index is 0.00600. The molecule has 20 heavy (non-hydrogen) atoms. The summed E-state index contributed by atoms with van der Waals surface area (Å²) in [5, 5.41) is 0. The molecule has 0 aromatic heterocycles. The van der Waals surface area contributed by atoms with Crippen molar-refractivity contribution < 1.29 is 9.47 Å². The van der Waals surface area contributed by atoms with Crippen molar-refractivity contribution in [3.8, 4) is 5.75 Å². The van der Waals surface area contributed by atoms with E-state index in [0.29, 0.717) is 0 Å². The van der Waals surface area contributed by atoms with E-state index in [2.05, 4.69) is 6.07 Å². The first-order chi connectivity index (χ1) is 9.69. The number of rotatable bonds is 3. The molecule has 0 amide bonds. The quantitative estimate of drug-likeness (QED) is 0.917. The molecule has 1 spiro atoms. The molecular weight excluding hydrogens is 250 g/mol. The molecule has 1 saturated carbocycles. The van der Waals surface area contributed by atoms with E-state index in [-0.39, 0.29) is 17.7 Å². The van der Waals surface area contributed by atoms with Gasteiger partial charge in [-0.2, -0.15) is 0 Å². The molecule has 1 aromatic rings. The Kier molecular flexibility index (Phi) is 3.99. The van der Waals surface area contributed by atoms with Crippen molar-refractivity contribution >= 4 is 0 Å². The van der Waals surface area contributed by atoms with E-state index in [0.717, 1.165) is 30.8 Å². The molecule has 2 aliphatic rings. The third-order valence-corrected chi connectivity index (χ3v) is 4.67. The van der Waals surface area contributed by atoms with E-state index in [1.807, 2.05) is 25.1 Å². The third-order valence-electron chi connectivity index (χ3n) is 4.67. The maximum absolute atomic E-state index is 6.27. The molecule has 2 atom stereocenters. The Balaban J connectivity index is 1.71. The molecule has 0 radical (unpaired) electrons. The number of benzene rings is 1. The Hall–Kier alpha value is -1.06. The van der Waals surface area contributed by atoms with Crippen LogP contribution in [0.1, 0.15) is 57.1 Å². The molecule has 3 rings (SSSR count). The van der Waals surface area contributed by atoms with Gasteiger partial charge in [0, 0.05) is 24.4 Å². The van der Waals surface area contributed by atoms with Gasteiger partial charge in [-0.1, -0.05) is 31.0 Å². The third kappa shape index (κ3) is 2.84. The first-order valence-electron chi connectivity index (χ1n) is 7.84. The lowest BCUT2D eigenvalue weighted by Gasteiger charge is -2.38. The zero-order chi connectivity index (χ0) is 14.0. The lowest BCUT2D eigenvalue weighted by Crippen LogP contribution is -2.41. The smallest absolute Gasteiger partial charge is 0.124 e. The Morgan fingerprint density at radius 1 is 1.30 bits per heavy atom. The van der Waals surface area contributed by atoms with Crippen LogP contribution < -0.4 is 10.5 Å². The zero-order valence-electron chi connectivity index (χ0n) is 12.3. The van der Waals surface area contributed by atoms with Gasteiger partial charge < -0.3 is 15.2 Å². The Bertz CT molecular complexity index is 452. The fourth-order valence-electron chi connectivity index (χ4n) is 3.59. The highest BCUT2D eigenvalue weighted by molar-refractivity contribution is 5.35. The summed E-state index contributed by atoms with van der Waals surface area (Å²) in [6.07, 6.45) is 7.26. The van der Waals surface area contributed by atoms with Crippen LogP contribution in [0.25, 0.3) is 0 Å². The normalized spacial score (nSPS) is 26.6. The monoisotopic (exact) mass is 275 g/mol. The van der Waals surface area contributed by atoms with Crippen LogP contribution in [0, 0.1) is 0 Å². The molecule has 0 bridgehead atoms. The molecule has 2 N–H and O–H groups in total. The lowest BCUT2D eigenvalue weighted by atomic mass is 9.90. The fraction of sp³-hybridized carbons (Fsp3) is 0.647. The summed E-state index contributed by atoms with van der Waals surface area (Å²) in [7, 11) is 0. The summed E-state index contributed by atoms with van der Waals surface area (Å²) < 4.78 is 12.3. The van der Waals surface area contributed by atoms with Gasteiger partial charge in [-0.05, 0) is 25.8 Å². The molecule has 1 aliphatic carbocycles. The van der Waals surface area contributed by atoms with E-state index >= 15 is 0 Å². The Morgan fingerprint density at radius 3 is 2.80 bits per heavy atom. The van der Waals surface area contributed by atoms with Gasteiger partial charge in [-0.15, -0.1) is 0 Å². The zero-order valence-corrected chi connectivity index (χ0v) is 12.3. The van der Waals surface area contributed by atoms with Crippen molar-refractivity contribution in [1.82, 2.24) is 0 Å². The molecule has 1 aromatic carbocycles. The molecular formula is C17H25NO2. The van der Waals surface area contributed by atoms with Crippen LogP contribution in [0.5, 0.6) is 5.75 Å². The van der Waals surface area contributed by atoms with E-state index in [4.69, 9.17) is 15.2 Å². The van der Waals surface area contributed by atoms with Crippen LogP contribution in [0.3, 0.4) is 0 Å². The molecule has 110 valence electrons. The van der Waals surface area contributed by atoms with E-state index < -0.39 is 0 Å². The number of ether oxygens (including phenoxy) is 2. The molecule has 3 heteroatoms. The van der Waals surface area contributed by atoms with Crippen molar-refractivity contribution in [3.63, 3.8) is 0 Å². The van der Waals surface area contributed by atoms with Gasteiger partial charge in [-0.25, -0.2) is 0 Å². The van der Waals surface area contributed by atoms with Gasteiger partial charge in [0.2, 0.25) is 0 Å². The van der Waals surface area contributed by atoms with E-state index in [1.54, 1.807) is 0 Å². The van der Waals surface area contributed by atoms with Crippen molar-refractivity contribution in [3.05, 3.63) is 29.8 Å². The highest BCUT2D eigenvalue weighted by Crippen LogP contribution is 2.41. The number of para-hydroxylation sites is 1. The van der Waals surface area contributed by atoms with Gasteiger partial charge in [0.1, 0.15) is 11.9 Å². The maximum Gasteiger partial charge on any atom is 0.124 e. The Morgan fingerprint density at radius 2 is 2.05 bits per heavy atom. The van der Waals surface area contributed by atoms with Gasteiger partial charge >= 0.3 is 0 Å². The minimum absolute atomic E-state index is 0.00600. The summed E-state index contributed by atoms with van der Waals surface area (Å²) >= 11 is 0. The second-order valence-electron chi connectivity index (χ2n) is 6.30. The average Bonchev–Trinajstić information content (AvgIpc) is 2.87. The van der Waals surface area contributed by atoms with Crippen LogP contribution >= 0.6 is 0 Å². The molecule has 3 nitrogen and oxygen atoms in total. The SMILES string of the molecule is C[C@@H](N)c1ccccc1OC1CCOC2(CCCC2)C1. The predicted molar refractivity (Wildman–Crippen MR) is 79.8 cm³/mol. The van der Waals surface area contributed by atoms with Gasteiger partial charge in [-0.3, -0.25) is 0 Å². The molecule has 1 unspecified atom stereocenters. The van der Waals surface area contributed by atoms with E-state index in [1.165, 1.54) is 25.7 Å². The predicted octanol–water partition coefficient (Wildman–Crippen LogP) is 3.58. The molecule has 1 aliphatic heterocycles. The first-order valence-corrected chi connectivity index (χ1v) is 7.84. The average molecular weight is 275 g/mol. The van der Waals surface area contributed by atoms with Gasteiger partial charge in [0.25, 0.3) is 0 Å². The van der Waals surface area contributed by atoms with Crippen molar-refractivity contribution in [1.29, 1.82) is 0 Å². The van der Waals surface area contributed by atoms with Gasteiger partial charge in [0.05, 0.1) is 12.2 Å². The van der Waals surface area contributed by atoms with E-state index in [9.17, 15) is 0 Å². The summed E-state index contributed by atoms with van der Waals surface area (Å²) in [4.78, 5) is 0. The van der Waals surface area contributed by atoms with Crippen molar-refractivity contribution in [2.24, 2.45) is 5.73 Å². The van der Waals surface area contributed by atoms with Crippen molar-refractivity contribution in [2.45, 2.75) is 63.2 Å². The first kappa shape index (κ1) is 13.9. The highest BCUT2D eigenvalue weighted by atomic mass is 16.5. The topological polar surface area (TPSA) is 44.5 Å². The van der Waals surface area contributed by atoms with Crippen LogP contribution in [0.4, 0.5) is 0 Å². The fourth-order valence-corrected chi connectivity index (χ4v) is 3.59. The number of hydrogen-bond donors (Lipinski definition) is 1. The number of nitrogens with two attached hydrogens (primary N) is 1. The number of hydrogen-bond acceptors (Lipinski definition) is 3. The van der Waals surface area contributed by atoms with Crippen LogP contribution in [0.15, 0.2) is 24.3 Å². The second kappa shape index (κ2) is 5.74. The summed E-state index contributed by atoms with van der Waals surface area (Å²) in [6.45, 7) is 2.83. The summed E-state index contributed by atoms with van der Waals surface area (Å²) in [6, 6.07) is 8.14. The highest BCUT2D eigenvalue weighted by Gasteiger charge is 2.40. The van der Waals surface area contributed by atoms with Crippen LogP contribution in [0.2, 0.25) is 0 Å². The standard InChI is InChI=1S/C17H25NO2/c1-13(18)15-6-2-3-7-16(15)20-14-8-11-19-17(12-14)9-4-5-10-17/h2-3,6-7,13-14H,4-5,8-12,18H2,1H3/t13-,14?/m1/s1. The second-order valence-corrected chi connectivity index (χ2v) is 6.30. The molecule has 1 heterocycles. The molecule has 1 saturated heterocycles. The summed E-state index contributed by atoms with van der Waals surface area (Å²) in [5.41, 5.74) is 7.23. The van der Waals surface area contributed by atoms with Crippen LogP contribution in [-0.2, 0) is 4.74 Å². The maximum atomic E-state index is 6.27. The van der Waals surface area contributed by atoms with Crippen molar-refractivity contribution in [2.75, 3.05) is 6.61 Å². The Labute approximate surface area is 121 Å².